The molecule has 0 saturated heterocycles. The summed E-state index contributed by atoms with van der Waals surface area (Å²) in [4.78, 5) is 11.7. The minimum Gasteiger partial charge on any atom is -0.491 e. The van der Waals surface area contributed by atoms with E-state index in [1.165, 1.54) is 0 Å². The van der Waals surface area contributed by atoms with Crippen LogP contribution in [0.5, 0.6) is 5.75 Å². The Hall–Kier alpha value is -1.75. The van der Waals surface area contributed by atoms with Crippen molar-refractivity contribution in [3.63, 3.8) is 0 Å². The zero-order valence-electron chi connectivity index (χ0n) is 13.3. The number of hydrogen-bond acceptors (Lipinski definition) is 3. The molecule has 0 heterocycles. The Labute approximate surface area is 132 Å². The lowest BCUT2D eigenvalue weighted by Gasteiger charge is -2.14. The molecule has 5 heteroatoms. The van der Waals surface area contributed by atoms with Gasteiger partial charge in [0.25, 0.3) is 0 Å². The fraction of sp³-hybridized carbons (Fsp3) is 0.588. The molecule has 1 aromatic rings. The number of hydrogen-bond donors (Lipinski definition) is 3. The van der Waals surface area contributed by atoms with Crippen LogP contribution in [0.4, 0.5) is 4.79 Å². The van der Waals surface area contributed by atoms with E-state index in [1.807, 2.05) is 31.2 Å². The Kier molecular flexibility index (Phi) is 6.07. The monoisotopic (exact) mass is 306 g/mol. The maximum absolute atomic E-state index is 11.7. The van der Waals surface area contributed by atoms with Crippen LogP contribution in [0.1, 0.15) is 31.7 Å². The molecule has 1 fully saturated rings. The highest BCUT2D eigenvalue weighted by Gasteiger charge is 2.37. The molecule has 0 bridgehead atoms. The highest BCUT2D eigenvalue weighted by atomic mass is 16.5. The van der Waals surface area contributed by atoms with Gasteiger partial charge >= 0.3 is 6.03 Å². The highest BCUT2D eigenvalue weighted by Crippen LogP contribution is 2.34. The number of aryl methyl sites for hydroxylation is 1. The van der Waals surface area contributed by atoms with Crippen LogP contribution in [0.15, 0.2) is 24.3 Å². The molecule has 1 aromatic carbocycles. The largest absolute Gasteiger partial charge is 0.491 e. The van der Waals surface area contributed by atoms with E-state index < -0.39 is 6.10 Å². The Morgan fingerprint density at radius 2 is 2.32 bits per heavy atom. The van der Waals surface area contributed by atoms with Gasteiger partial charge in [-0.1, -0.05) is 25.5 Å². The Morgan fingerprint density at radius 3 is 3.05 bits per heavy atom. The second-order valence-corrected chi connectivity index (χ2v) is 6.03. The number of nitrogens with one attached hydrogen (secondary N) is 2. The second kappa shape index (κ2) is 8.03. The molecule has 0 aliphatic heterocycles. The Balaban J connectivity index is 1.59. The number of amides is 2. The van der Waals surface area contributed by atoms with Crippen molar-refractivity contribution < 1.29 is 14.6 Å². The zero-order chi connectivity index (χ0) is 15.9. The molecular weight excluding hydrogens is 280 g/mol. The lowest BCUT2D eigenvalue weighted by molar-refractivity contribution is 0.107. The van der Waals surface area contributed by atoms with E-state index in [1.54, 1.807) is 0 Å². The fourth-order valence-corrected chi connectivity index (χ4v) is 2.50. The second-order valence-electron chi connectivity index (χ2n) is 6.03. The minimum atomic E-state index is -0.725. The summed E-state index contributed by atoms with van der Waals surface area (Å²) in [6.45, 7) is 4.48. The summed E-state index contributed by atoms with van der Waals surface area (Å²) in [5.41, 5.74) is 1.11. The summed E-state index contributed by atoms with van der Waals surface area (Å²) in [6.07, 6.45) is 2.66. The molecule has 3 atom stereocenters. The number of urea groups is 1. The van der Waals surface area contributed by atoms with Gasteiger partial charge in [0.2, 0.25) is 0 Å². The summed E-state index contributed by atoms with van der Waals surface area (Å²) < 4.78 is 5.50. The number of rotatable bonds is 8. The number of ether oxygens (including phenoxy) is 1. The molecule has 1 saturated carbocycles. The van der Waals surface area contributed by atoms with E-state index in [2.05, 4.69) is 17.6 Å². The predicted octanol–water partition coefficient (Wildman–Crippen LogP) is 2.22. The molecule has 122 valence electrons. The number of carbonyl (C=O) groups excluding carboxylic acids is 1. The topological polar surface area (TPSA) is 70.6 Å². The first kappa shape index (κ1) is 16.6. The number of aliphatic hydroxyl groups excluding tert-OH is 1. The molecule has 0 spiro atoms. The summed E-state index contributed by atoms with van der Waals surface area (Å²) in [5.74, 6) is 1.36. The lowest BCUT2D eigenvalue weighted by Crippen LogP contribution is -2.42. The van der Waals surface area contributed by atoms with E-state index in [0.717, 1.165) is 30.6 Å². The third-order valence-electron chi connectivity index (χ3n) is 3.83. The van der Waals surface area contributed by atoms with Crippen molar-refractivity contribution in [2.75, 3.05) is 13.2 Å². The van der Waals surface area contributed by atoms with Gasteiger partial charge < -0.3 is 20.5 Å². The SMILES string of the molecule is CCCC1CC1NC(=O)NCC(O)COc1cccc(C)c1. The van der Waals surface area contributed by atoms with Crippen molar-refractivity contribution in [1.29, 1.82) is 0 Å². The zero-order valence-corrected chi connectivity index (χ0v) is 13.3. The average Bonchev–Trinajstić information content (AvgIpc) is 3.21. The first-order valence-electron chi connectivity index (χ1n) is 8.00. The van der Waals surface area contributed by atoms with Gasteiger partial charge in [-0.15, -0.1) is 0 Å². The predicted molar refractivity (Wildman–Crippen MR) is 86.0 cm³/mol. The van der Waals surface area contributed by atoms with Gasteiger partial charge in [0.15, 0.2) is 0 Å². The van der Waals surface area contributed by atoms with Gasteiger partial charge in [-0.25, -0.2) is 4.79 Å². The van der Waals surface area contributed by atoms with E-state index in [-0.39, 0.29) is 19.2 Å². The van der Waals surface area contributed by atoms with Crippen molar-refractivity contribution in [2.45, 2.75) is 45.3 Å². The van der Waals surface area contributed by atoms with E-state index in [4.69, 9.17) is 4.74 Å². The van der Waals surface area contributed by atoms with Crippen LogP contribution in [0.25, 0.3) is 0 Å². The third kappa shape index (κ3) is 5.56. The highest BCUT2D eigenvalue weighted by molar-refractivity contribution is 5.74. The summed E-state index contributed by atoms with van der Waals surface area (Å²) in [7, 11) is 0. The van der Waals surface area contributed by atoms with Crippen LogP contribution < -0.4 is 15.4 Å². The smallest absolute Gasteiger partial charge is 0.315 e. The van der Waals surface area contributed by atoms with Crippen LogP contribution in [-0.2, 0) is 0 Å². The molecule has 2 rings (SSSR count). The number of benzene rings is 1. The maximum atomic E-state index is 11.7. The van der Waals surface area contributed by atoms with Gasteiger partial charge in [-0.3, -0.25) is 0 Å². The molecule has 3 N–H and O–H groups in total. The normalized spacial score (nSPS) is 21.0. The van der Waals surface area contributed by atoms with Gasteiger partial charge in [0, 0.05) is 12.6 Å². The third-order valence-corrected chi connectivity index (χ3v) is 3.83. The van der Waals surface area contributed by atoms with Crippen molar-refractivity contribution in [2.24, 2.45) is 5.92 Å². The van der Waals surface area contributed by atoms with E-state index in [0.29, 0.717) is 12.0 Å². The Morgan fingerprint density at radius 1 is 1.50 bits per heavy atom. The molecule has 1 aliphatic carbocycles. The molecular formula is C17H26N2O3. The summed E-state index contributed by atoms with van der Waals surface area (Å²) in [6, 6.07) is 7.75. The minimum absolute atomic E-state index is 0.158. The fourth-order valence-electron chi connectivity index (χ4n) is 2.50. The molecule has 2 amide bonds. The molecule has 1 aliphatic rings. The van der Waals surface area contributed by atoms with Crippen LogP contribution in [0.3, 0.4) is 0 Å². The molecule has 22 heavy (non-hydrogen) atoms. The van der Waals surface area contributed by atoms with Crippen LogP contribution in [0, 0.1) is 12.8 Å². The van der Waals surface area contributed by atoms with Gasteiger partial charge in [-0.05, 0) is 43.4 Å². The van der Waals surface area contributed by atoms with Crippen molar-refractivity contribution in [1.82, 2.24) is 10.6 Å². The van der Waals surface area contributed by atoms with Crippen LogP contribution in [-0.4, -0.2) is 36.4 Å². The lowest BCUT2D eigenvalue weighted by atomic mass is 10.2. The average molecular weight is 306 g/mol. The molecule has 0 radical (unpaired) electrons. The van der Waals surface area contributed by atoms with Crippen LogP contribution in [0.2, 0.25) is 0 Å². The van der Waals surface area contributed by atoms with Crippen molar-refractivity contribution in [3.8, 4) is 5.75 Å². The first-order valence-corrected chi connectivity index (χ1v) is 8.00. The summed E-state index contributed by atoms with van der Waals surface area (Å²) in [5, 5.41) is 15.5. The Bertz CT molecular complexity index is 493. The maximum Gasteiger partial charge on any atom is 0.315 e. The molecule has 5 nitrogen and oxygen atoms in total. The summed E-state index contributed by atoms with van der Waals surface area (Å²) >= 11 is 0. The van der Waals surface area contributed by atoms with Gasteiger partial charge in [0.05, 0.1) is 0 Å². The van der Waals surface area contributed by atoms with Gasteiger partial charge in [-0.2, -0.15) is 0 Å². The number of aliphatic hydroxyl groups is 1. The standard InChI is InChI=1S/C17H26N2O3/c1-3-5-13-9-16(13)19-17(21)18-10-14(20)11-22-15-7-4-6-12(2)8-15/h4,6-8,13-14,16,20H,3,5,9-11H2,1-2H3,(H2,18,19,21). The first-order chi connectivity index (χ1) is 10.6. The van der Waals surface area contributed by atoms with E-state index in [9.17, 15) is 9.90 Å². The van der Waals surface area contributed by atoms with Crippen molar-refractivity contribution >= 4 is 6.03 Å². The van der Waals surface area contributed by atoms with Crippen molar-refractivity contribution in [3.05, 3.63) is 29.8 Å². The molecule has 3 unspecified atom stereocenters. The van der Waals surface area contributed by atoms with Gasteiger partial charge in [0.1, 0.15) is 18.5 Å². The quantitative estimate of drug-likeness (QED) is 0.690. The van der Waals surface area contributed by atoms with E-state index >= 15 is 0 Å². The molecule has 0 aromatic heterocycles. The number of carbonyl (C=O) groups is 1. The van der Waals surface area contributed by atoms with Crippen LogP contribution >= 0.6 is 0 Å².